The summed E-state index contributed by atoms with van der Waals surface area (Å²) in [7, 11) is 0. The Morgan fingerprint density at radius 3 is 2.55 bits per heavy atom. The zero-order chi connectivity index (χ0) is 15.1. The summed E-state index contributed by atoms with van der Waals surface area (Å²) in [5.74, 6) is 0. The molecule has 0 radical (unpaired) electrons. The zero-order valence-electron chi connectivity index (χ0n) is 12.1. The molecule has 110 valence electrons. The second-order valence-electron chi connectivity index (χ2n) is 6.29. The van der Waals surface area contributed by atoms with Gasteiger partial charge in [-0.25, -0.2) is 0 Å². The van der Waals surface area contributed by atoms with Crippen molar-refractivity contribution in [2.75, 3.05) is 5.32 Å². The molecule has 0 saturated carbocycles. The zero-order valence-corrected chi connectivity index (χ0v) is 12.8. The fourth-order valence-corrected chi connectivity index (χ4v) is 2.88. The summed E-state index contributed by atoms with van der Waals surface area (Å²) >= 11 is 6.12. The highest BCUT2D eigenvalue weighted by Gasteiger charge is 2.46. The molecule has 1 heterocycles. The Kier molecular flexibility index (Phi) is 3.69. The van der Waals surface area contributed by atoms with Crippen LogP contribution in [0.1, 0.15) is 34.1 Å². The molecule has 0 bridgehead atoms. The highest BCUT2D eigenvalue weighted by molar-refractivity contribution is 6.33. The van der Waals surface area contributed by atoms with Crippen LogP contribution in [-0.2, 0) is 4.74 Å². The Morgan fingerprint density at radius 1 is 1.40 bits per heavy atom. The van der Waals surface area contributed by atoms with Crippen molar-refractivity contribution in [1.29, 1.82) is 0 Å². The number of nitro benzene ring substituents is 1. The van der Waals surface area contributed by atoms with Crippen molar-refractivity contribution in [2.45, 2.75) is 51.4 Å². The predicted molar refractivity (Wildman–Crippen MR) is 79.4 cm³/mol. The number of hydrogen-bond donors (Lipinski definition) is 1. The number of nitrogens with one attached hydrogen (secondary N) is 1. The molecule has 1 fully saturated rings. The molecule has 2 rings (SSSR count). The van der Waals surface area contributed by atoms with Gasteiger partial charge in [0, 0.05) is 12.1 Å². The van der Waals surface area contributed by atoms with Crippen LogP contribution in [0.2, 0.25) is 5.02 Å². The Labute approximate surface area is 123 Å². The van der Waals surface area contributed by atoms with Crippen LogP contribution in [0.5, 0.6) is 0 Å². The molecule has 5 nitrogen and oxygen atoms in total. The summed E-state index contributed by atoms with van der Waals surface area (Å²) < 4.78 is 6.00. The number of benzene rings is 1. The first-order chi connectivity index (χ1) is 9.11. The molecule has 0 amide bonds. The van der Waals surface area contributed by atoms with Gasteiger partial charge in [-0.2, -0.15) is 0 Å². The smallest absolute Gasteiger partial charge is 0.271 e. The number of rotatable bonds is 3. The highest BCUT2D eigenvalue weighted by Crippen LogP contribution is 2.40. The van der Waals surface area contributed by atoms with E-state index in [1.165, 1.54) is 18.2 Å². The number of non-ortho nitro benzene ring substituents is 1. The standard InChI is InChI=1S/C14H19ClN2O3/c1-13(2)8-12(14(3,4)20-13)16-11-7-9(17(18)19)5-6-10(11)15/h5-7,12,16H,8H2,1-4H3. The third-order valence-corrected chi connectivity index (χ3v) is 3.89. The molecule has 1 atom stereocenters. The van der Waals surface area contributed by atoms with E-state index in [-0.39, 0.29) is 22.9 Å². The van der Waals surface area contributed by atoms with E-state index in [0.717, 1.165) is 6.42 Å². The van der Waals surface area contributed by atoms with Gasteiger partial charge in [0.05, 0.1) is 32.9 Å². The lowest BCUT2D eigenvalue weighted by atomic mass is 9.94. The lowest BCUT2D eigenvalue weighted by Gasteiger charge is -2.28. The topological polar surface area (TPSA) is 64.4 Å². The monoisotopic (exact) mass is 298 g/mol. The molecule has 1 saturated heterocycles. The Balaban J connectivity index is 2.26. The van der Waals surface area contributed by atoms with E-state index in [4.69, 9.17) is 16.3 Å². The summed E-state index contributed by atoms with van der Waals surface area (Å²) in [6.07, 6.45) is 0.805. The average Bonchev–Trinajstić information content (AvgIpc) is 2.49. The lowest BCUT2D eigenvalue weighted by molar-refractivity contribution is -0.384. The van der Waals surface area contributed by atoms with Gasteiger partial charge in [0.1, 0.15) is 0 Å². The fraction of sp³-hybridized carbons (Fsp3) is 0.571. The summed E-state index contributed by atoms with van der Waals surface area (Å²) in [5, 5.41) is 14.6. The van der Waals surface area contributed by atoms with Crippen LogP contribution in [0, 0.1) is 10.1 Å². The molecule has 1 aromatic rings. The van der Waals surface area contributed by atoms with Crippen LogP contribution in [0.4, 0.5) is 11.4 Å². The van der Waals surface area contributed by atoms with Crippen LogP contribution in [0.15, 0.2) is 18.2 Å². The maximum Gasteiger partial charge on any atom is 0.271 e. The number of anilines is 1. The molecule has 0 aliphatic carbocycles. The molecule has 1 aromatic carbocycles. The molecular formula is C14H19ClN2O3. The Bertz CT molecular complexity index is 543. The van der Waals surface area contributed by atoms with Crippen LogP contribution >= 0.6 is 11.6 Å². The number of halogens is 1. The molecule has 1 N–H and O–H groups in total. The minimum absolute atomic E-state index is 0.0212. The van der Waals surface area contributed by atoms with E-state index in [1.54, 1.807) is 0 Å². The quantitative estimate of drug-likeness (QED) is 0.676. The molecular weight excluding hydrogens is 280 g/mol. The number of hydrogen-bond acceptors (Lipinski definition) is 4. The van der Waals surface area contributed by atoms with E-state index in [2.05, 4.69) is 5.32 Å². The van der Waals surface area contributed by atoms with E-state index in [0.29, 0.717) is 10.7 Å². The molecule has 0 spiro atoms. The van der Waals surface area contributed by atoms with Crippen molar-refractivity contribution >= 4 is 23.0 Å². The summed E-state index contributed by atoms with van der Waals surface area (Å²) in [5.41, 5.74) is -0.000607. The first-order valence-corrected chi connectivity index (χ1v) is 6.89. The maximum atomic E-state index is 10.8. The largest absolute Gasteiger partial charge is 0.378 e. The van der Waals surface area contributed by atoms with Crippen LogP contribution in [0.25, 0.3) is 0 Å². The van der Waals surface area contributed by atoms with Crippen LogP contribution in [0.3, 0.4) is 0 Å². The second kappa shape index (κ2) is 4.90. The first-order valence-electron chi connectivity index (χ1n) is 6.51. The van der Waals surface area contributed by atoms with E-state index >= 15 is 0 Å². The van der Waals surface area contributed by atoms with E-state index in [9.17, 15) is 10.1 Å². The maximum absolute atomic E-state index is 10.8. The number of ether oxygens (including phenoxy) is 1. The fourth-order valence-electron chi connectivity index (χ4n) is 2.71. The third kappa shape index (κ3) is 3.04. The van der Waals surface area contributed by atoms with Crippen molar-refractivity contribution in [1.82, 2.24) is 0 Å². The SMILES string of the molecule is CC1(C)CC(Nc2cc([N+](=O)[O-])ccc2Cl)C(C)(C)O1. The molecule has 20 heavy (non-hydrogen) atoms. The average molecular weight is 299 g/mol. The van der Waals surface area contributed by atoms with Gasteiger partial charge >= 0.3 is 0 Å². The molecule has 6 heteroatoms. The predicted octanol–water partition coefficient (Wildman–Crippen LogP) is 4.01. The second-order valence-corrected chi connectivity index (χ2v) is 6.69. The minimum atomic E-state index is -0.429. The summed E-state index contributed by atoms with van der Waals surface area (Å²) in [6, 6.07) is 4.44. The van der Waals surface area contributed by atoms with Gasteiger partial charge in [-0.3, -0.25) is 10.1 Å². The van der Waals surface area contributed by atoms with Gasteiger partial charge < -0.3 is 10.1 Å². The van der Waals surface area contributed by atoms with Crippen molar-refractivity contribution in [2.24, 2.45) is 0 Å². The highest BCUT2D eigenvalue weighted by atomic mass is 35.5. The normalized spacial score (nSPS) is 23.6. The van der Waals surface area contributed by atoms with Gasteiger partial charge in [-0.15, -0.1) is 0 Å². The molecule has 1 aliphatic heterocycles. The van der Waals surface area contributed by atoms with Crippen molar-refractivity contribution in [3.8, 4) is 0 Å². The Hall–Kier alpha value is -1.33. The number of nitrogens with zero attached hydrogens (tertiary/aromatic N) is 1. The summed E-state index contributed by atoms with van der Waals surface area (Å²) in [6.45, 7) is 8.08. The molecule has 1 aliphatic rings. The van der Waals surface area contributed by atoms with Gasteiger partial charge in [0.25, 0.3) is 5.69 Å². The van der Waals surface area contributed by atoms with Gasteiger partial charge in [0.2, 0.25) is 0 Å². The van der Waals surface area contributed by atoms with Crippen molar-refractivity contribution in [3.63, 3.8) is 0 Å². The van der Waals surface area contributed by atoms with Crippen LogP contribution < -0.4 is 5.32 Å². The van der Waals surface area contributed by atoms with Gasteiger partial charge in [0.15, 0.2) is 0 Å². The van der Waals surface area contributed by atoms with Gasteiger partial charge in [-0.05, 0) is 40.2 Å². The van der Waals surface area contributed by atoms with Gasteiger partial charge in [-0.1, -0.05) is 11.6 Å². The minimum Gasteiger partial charge on any atom is -0.378 e. The Morgan fingerprint density at radius 2 is 2.05 bits per heavy atom. The van der Waals surface area contributed by atoms with Crippen molar-refractivity contribution in [3.05, 3.63) is 33.3 Å². The molecule has 1 unspecified atom stereocenters. The summed E-state index contributed by atoms with van der Waals surface area (Å²) in [4.78, 5) is 10.4. The van der Waals surface area contributed by atoms with Crippen molar-refractivity contribution < 1.29 is 9.66 Å². The van der Waals surface area contributed by atoms with E-state index in [1.807, 2.05) is 27.7 Å². The van der Waals surface area contributed by atoms with Crippen LogP contribution in [-0.4, -0.2) is 22.2 Å². The first kappa shape index (κ1) is 15.1. The lowest BCUT2D eigenvalue weighted by Crippen LogP contribution is -2.38. The third-order valence-electron chi connectivity index (χ3n) is 3.56. The van der Waals surface area contributed by atoms with E-state index < -0.39 is 4.92 Å². The number of nitro groups is 1. The molecule has 0 aromatic heterocycles.